The zero-order chi connectivity index (χ0) is 13.8. The molecule has 0 aliphatic heterocycles. The van der Waals surface area contributed by atoms with Crippen LogP contribution in [0.15, 0.2) is 42.5 Å². The van der Waals surface area contributed by atoms with E-state index >= 15 is 0 Å². The van der Waals surface area contributed by atoms with E-state index in [1.54, 1.807) is 26.2 Å². The van der Waals surface area contributed by atoms with Gasteiger partial charge < -0.3 is 9.84 Å². The first-order valence-corrected chi connectivity index (χ1v) is 6.17. The molecule has 2 rings (SSSR count). The second-order valence-corrected chi connectivity index (χ2v) is 4.58. The summed E-state index contributed by atoms with van der Waals surface area (Å²) in [5.41, 5.74) is 2.29. The lowest BCUT2D eigenvalue weighted by molar-refractivity contribution is 0.178. The van der Waals surface area contributed by atoms with Gasteiger partial charge in [0.25, 0.3) is 0 Å². The van der Waals surface area contributed by atoms with Crippen LogP contribution in [0.4, 0.5) is 4.39 Å². The van der Waals surface area contributed by atoms with Crippen LogP contribution in [0.3, 0.4) is 0 Å². The van der Waals surface area contributed by atoms with Crippen molar-refractivity contribution >= 4 is 0 Å². The predicted octanol–water partition coefficient (Wildman–Crippen LogP) is 3.42. The number of aryl methyl sites for hydroxylation is 1. The standard InChI is InChI=1S/C16H17FO2/c1-11-9-13(5-8-15(11)17)16(18)10-12-3-6-14(19-2)7-4-12/h3-9,16,18H,10H2,1-2H3. The largest absolute Gasteiger partial charge is 0.497 e. The SMILES string of the molecule is COc1ccc(CC(O)c2ccc(F)c(C)c2)cc1. The summed E-state index contributed by atoms with van der Waals surface area (Å²) in [6, 6.07) is 12.2. The van der Waals surface area contributed by atoms with Crippen molar-refractivity contribution in [1.29, 1.82) is 0 Å². The van der Waals surface area contributed by atoms with Gasteiger partial charge in [0.1, 0.15) is 11.6 Å². The van der Waals surface area contributed by atoms with Crippen LogP contribution in [0.1, 0.15) is 22.8 Å². The topological polar surface area (TPSA) is 29.5 Å². The number of methoxy groups -OCH3 is 1. The third-order valence-corrected chi connectivity index (χ3v) is 3.15. The summed E-state index contributed by atoms with van der Waals surface area (Å²) < 4.78 is 18.3. The number of hydrogen-bond donors (Lipinski definition) is 1. The molecule has 1 N–H and O–H groups in total. The summed E-state index contributed by atoms with van der Waals surface area (Å²) in [6.07, 6.45) is -0.137. The van der Waals surface area contributed by atoms with E-state index in [1.807, 2.05) is 24.3 Å². The van der Waals surface area contributed by atoms with E-state index in [0.717, 1.165) is 16.9 Å². The Morgan fingerprint density at radius 2 is 1.84 bits per heavy atom. The second-order valence-electron chi connectivity index (χ2n) is 4.58. The first-order valence-electron chi connectivity index (χ1n) is 6.17. The molecule has 0 bridgehead atoms. The van der Waals surface area contributed by atoms with Gasteiger partial charge in [0.15, 0.2) is 0 Å². The Kier molecular flexibility index (Phi) is 4.17. The lowest BCUT2D eigenvalue weighted by atomic mass is 10.00. The van der Waals surface area contributed by atoms with E-state index in [-0.39, 0.29) is 5.82 Å². The third kappa shape index (κ3) is 3.32. The molecule has 19 heavy (non-hydrogen) atoms. The fourth-order valence-electron chi connectivity index (χ4n) is 1.98. The minimum atomic E-state index is -0.632. The highest BCUT2D eigenvalue weighted by Gasteiger charge is 2.10. The molecule has 2 aromatic carbocycles. The van der Waals surface area contributed by atoms with Gasteiger partial charge in [-0.05, 0) is 41.8 Å². The summed E-state index contributed by atoms with van der Waals surface area (Å²) in [4.78, 5) is 0. The van der Waals surface area contributed by atoms with E-state index in [9.17, 15) is 9.50 Å². The number of ether oxygens (including phenoxy) is 1. The molecule has 100 valence electrons. The van der Waals surface area contributed by atoms with Crippen LogP contribution >= 0.6 is 0 Å². The summed E-state index contributed by atoms with van der Waals surface area (Å²) in [5.74, 6) is 0.538. The molecule has 0 saturated heterocycles. The molecule has 2 aromatic rings. The van der Waals surface area contributed by atoms with E-state index < -0.39 is 6.10 Å². The van der Waals surface area contributed by atoms with Gasteiger partial charge in [-0.25, -0.2) is 4.39 Å². The molecule has 1 atom stereocenters. The van der Waals surface area contributed by atoms with Crippen molar-refractivity contribution in [2.24, 2.45) is 0 Å². The van der Waals surface area contributed by atoms with Crippen molar-refractivity contribution in [2.45, 2.75) is 19.4 Å². The third-order valence-electron chi connectivity index (χ3n) is 3.15. The van der Waals surface area contributed by atoms with Gasteiger partial charge in [-0.1, -0.05) is 24.3 Å². The first-order chi connectivity index (χ1) is 9.10. The minimum absolute atomic E-state index is 0.250. The van der Waals surface area contributed by atoms with Gasteiger partial charge in [-0.2, -0.15) is 0 Å². The predicted molar refractivity (Wildman–Crippen MR) is 72.8 cm³/mol. The Bertz CT molecular complexity index is 549. The maximum Gasteiger partial charge on any atom is 0.126 e. The molecule has 0 amide bonds. The van der Waals surface area contributed by atoms with Gasteiger partial charge in [0.05, 0.1) is 13.2 Å². The van der Waals surface area contributed by atoms with E-state index in [0.29, 0.717) is 12.0 Å². The number of rotatable bonds is 4. The maximum atomic E-state index is 13.2. The molecular formula is C16H17FO2. The van der Waals surface area contributed by atoms with Crippen LogP contribution in [0, 0.1) is 12.7 Å². The number of benzene rings is 2. The van der Waals surface area contributed by atoms with Crippen LogP contribution in [0.5, 0.6) is 5.75 Å². The van der Waals surface area contributed by atoms with Crippen LogP contribution < -0.4 is 4.74 Å². The summed E-state index contributed by atoms with van der Waals surface area (Å²) in [6.45, 7) is 1.69. The Labute approximate surface area is 112 Å². The molecule has 0 aliphatic carbocycles. The second kappa shape index (κ2) is 5.85. The van der Waals surface area contributed by atoms with Gasteiger partial charge in [-0.15, -0.1) is 0 Å². The fourth-order valence-corrected chi connectivity index (χ4v) is 1.98. The Morgan fingerprint density at radius 3 is 2.42 bits per heavy atom. The zero-order valence-electron chi connectivity index (χ0n) is 11.1. The Hall–Kier alpha value is -1.87. The van der Waals surface area contributed by atoms with Crippen molar-refractivity contribution in [2.75, 3.05) is 7.11 Å². The van der Waals surface area contributed by atoms with Crippen molar-refractivity contribution in [3.05, 3.63) is 65.0 Å². The maximum absolute atomic E-state index is 13.2. The average Bonchev–Trinajstić information content (AvgIpc) is 2.42. The molecule has 2 nitrogen and oxygen atoms in total. The molecule has 0 fully saturated rings. The molecular weight excluding hydrogens is 243 g/mol. The van der Waals surface area contributed by atoms with Crippen molar-refractivity contribution in [1.82, 2.24) is 0 Å². The van der Waals surface area contributed by atoms with Crippen LogP contribution in [-0.2, 0) is 6.42 Å². The number of halogens is 1. The van der Waals surface area contributed by atoms with Crippen LogP contribution in [0.25, 0.3) is 0 Å². The molecule has 0 heterocycles. The van der Waals surface area contributed by atoms with Gasteiger partial charge in [0.2, 0.25) is 0 Å². The zero-order valence-corrected chi connectivity index (χ0v) is 11.1. The highest BCUT2D eigenvalue weighted by molar-refractivity contribution is 5.30. The smallest absolute Gasteiger partial charge is 0.126 e. The normalized spacial score (nSPS) is 12.2. The molecule has 0 saturated carbocycles. The molecule has 0 spiro atoms. The number of aliphatic hydroxyl groups excluding tert-OH is 1. The lowest BCUT2D eigenvalue weighted by Crippen LogP contribution is -2.02. The molecule has 1 unspecified atom stereocenters. The van der Waals surface area contributed by atoms with Gasteiger partial charge in [-0.3, -0.25) is 0 Å². The highest BCUT2D eigenvalue weighted by Crippen LogP contribution is 2.21. The average molecular weight is 260 g/mol. The molecule has 3 heteroatoms. The summed E-state index contributed by atoms with van der Waals surface area (Å²) in [5, 5.41) is 10.2. The lowest BCUT2D eigenvalue weighted by Gasteiger charge is -2.12. The minimum Gasteiger partial charge on any atom is -0.497 e. The fraction of sp³-hybridized carbons (Fsp3) is 0.250. The number of hydrogen-bond acceptors (Lipinski definition) is 2. The van der Waals surface area contributed by atoms with Crippen LogP contribution in [-0.4, -0.2) is 12.2 Å². The molecule has 0 aliphatic rings. The monoisotopic (exact) mass is 260 g/mol. The van der Waals surface area contributed by atoms with Crippen molar-refractivity contribution in [3.8, 4) is 5.75 Å². The van der Waals surface area contributed by atoms with Crippen molar-refractivity contribution in [3.63, 3.8) is 0 Å². The highest BCUT2D eigenvalue weighted by atomic mass is 19.1. The molecule has 0 aromatic heterocycles. The Morgan fingerprint density at radius 1 is 1.16 bits per heavy atom. The van der Waals surface area contributed by atoms with Crippen molar-refractivity contribution < 1.29 is 14.2 Å². The quantitative estimate of drug-likeness (QED) is 0.912. The van der Waals surface area contributed by atoms with Gasteiger partial charge >= 0.3 is 0 Å². The number of aliphatic hydroxyl groups is 1. The van der Waals surface area contributed by atoms with E-state index in [4.69, 9.17) is 4.74 Å². The van der Waals surface area contributed by atoms with Gasteiger partial charge in [0, 0.05) is 6.42 Å². The van der Waals surface area contributed by atoms with Crippen LogP contribution in [0.2, 0.25) is 0 Å². The summed E-state index contributed by atoms with van der Waals surface area (Å²) in [7, 11) is 1.62. The first kappa shape index (κ1) is 13.6. The van der Waals surface area contributed by atoms with E-state index in [1.165, 1.54) is 6.07 Å². The van der Waals surface area contributed by atoms with E-state index in [2.05, 4.69) is 0 Å². The summed E-state index contributed by atoms with van der Waals surface area (Å²) >= 11 is 0. The Balaban J connectivity index is 2.10. The molecule has 0 radical (unpaired) electrons.